The first kappa shape index (κ1) is 14.4. The van der Waals surface area contributed by atoms with E-state index in [1.807, 2.05) is 5.32 Å². The summed E-state index contributed by atoms with van der Waals surface area (Å²) in [7, 11) is 0. The zero-order valence-electron chi connectivity index (χ0n) is 10.4. The molecule has 0 unspecified atom stereocenters. The fourth-order valence-electron chi connectivity index (χ4n) is 1.76. The Kier molecular flexibility index (Phi) is 3.71. The standard InChI is InChI=1S/C11H13F2N3O4/c12-11(13,6-17)5-14-10(18)9-3-8(16(19)20)4-15(9)7-1-2-7/h3-4,7,17H,1-2,5-6H2,(H,14,18). The van der Waals surface area contributed by atoms with Crippen LogP contribution in [0, 0.1) is 10.1 Å². The molecule has 0 atom stereocenters. The van der Waals surface area contributed by atoms with Gasteiger partial charge in [-0.2, -0.15) is 0 Å². The number of aliphatic hydroxyl groups is 1. The van der Waals surface area contributed by atoms with Gasteiger partial charge in [-0.3, -0.25) is 14.9 Å². The molecule has 1 aliphatic carbocycles. The van der Waals surface area contributed by atoms with Gasteiger partial charge >= 0.3 is 0 Å². The van der Waals surface area contributed by atoms with E-state index in [0.29, 0.717) is 0 Å². The maximum absolute atomic E-state index is 12.9. The van der Waals surface area contributed by atoms with Crippen molar-refractivity contribution in [3.8, 4) is 0 Å². The van der Waals surface area contributed by atoms with Gasteiger partial charge in [-0.1, -0.05) is 0 Å². The Labute approximate surface area is 112 Å². The molecule has 0 aliphatic heterocycles. The lowest BCUT2D eigenvalue weighted by molar-refractivity contribution is -0.384. The summed E-state index contributed by atoms with van der Waals surface area (Å²) in [5.74, 6) is -4.24. The molecule has 7 nitrogen and oxygen atoms in total. The average Bonchev–Trinajstić information content (AvgIpc) is 3.14. The van der Waals surface area contributed by atoms with Gasteiger partial charge in [0.15, 0.2) is 0 Å². The summed E-state index contributed by atoms with van der Waals surface area (Å²) in [6.07, 6.45) is 2.81. The molecular formula is C11H13F2N3O4. The zero-order valence-corrected chi connectivity index (χ0v) is 10.4. The van der Waals surface area contributed by atoms with Gasteiger partial charge in [0.1, 0.15) is 12.3 Å². The molecule has 0 saturated heterocycles. The van der Waals surface area contributed by atoms with E-state index in [0.717, 1.165) is 18.9 Å². The van der Waals surface area contributed by atoms with Crippen LogP contribution in [-0.2, 0) is 0 Å². The summed E-state index contributed by atoms with van der Waals surface area (Å²) in [6.45, 7) is -2.40. The molecule has 0 radical (unpaired) electrons. The molecule has 9 heteroatoms. The Hall–Kier alpha value is -2.03. The first-order valence-corrected chi connectivity index (χ1v) is 5.97. The minimum Gasteiger partial charge on any atom is -0.390 e. The minimum atomic E-state index is -3.42. The van der Waals surface area contributed by atoms with Crippen LogP contribution in [0.4, 0.5) is 14.5 Å². The van der Waals surface area contributed by atoms with Crippen molar-refractivity contribution in [3.05, 3.63) is 28.1 Å². The van der Waals surface area contributed by atoms with Crippen LogP contribution in [0.3, 0.4) is 0 Å². The lowest BCUT2D eigenvalue weighted by atomic mass is 10.3. The summed E-state index contributed by atoms with van der Waals surface area (Å²) in [4.78, 5) is 21.9. The molecule has 110 valence electrons. The highest BCUT2D eigenvalue weighted by Gasteiger charge is 2.32. The molecule has 1 heterocycles. The topological polar surface area (TPSA) is 97.4 Å². The number of nitrogens with one attached hydrogen (secondary N) is 1. The number of carbonyl (C=O) groups is 1. The molecule has 0 spiro atoms. The van der Waals surface area contributed by atoms with Gasteiger partial charge in [0.05, 0.1) is 17.7 Å². The van der Waals surface area contributed by atoms with Crippen molar-refractivity contribution in [2.24, 2.45) is 0 Å². The lowest BCUT2D eigenvalue weighted by Gasteiger charge is -2.14. The van der Waals surface area contributed by atoms with Crippen molar-refractivity contribution >= 4 is 11.6 Å². The molecular weight excluding hydrogens is 276 g/mol. The summed E-state index contributed by atoms with van der Waals surface area (Å²) < 4.78 is 27.1. The highest BCUT2D eigenvalue weighted by molar-refractivity contribution is 5.93. The molecule has 1 saturated carbocycles. The Morgan fingerprint density at radius 2 is 2.25 bits per heavy atom. The maximum Gasteiger partial charge on any atom is 0.287 e. The van der Waals surface area contributed by atoms with Crippen molar-refractivity contribution in [2.45, 2.75) is 24.8 Å². The number of rotatable bonds is 6. The Morgan fingerprint density at radius 1 is 1.60 bits per heavy atom. The normalized spacial score (nSPS) is 15.2. The van der Waals surface area contributed by atoms with Gasteiger partial charge in [-0.15, -0.1) is 0 Å². The average molecular weight is 289 g/mol. The molecule has 2 rings (SSSR count). The smallest absolute Gasteiger partial charge is 0.287 e. The van der Waals surface area contributed by atoms with Gasteiger partial charge in [0.25, 0.3) is 17.5 Å². The first-order valence-electron chi connectivity index (χ1n) is 5.97. The number of carbonyl (C=O) groups excluding carboxylic acids is 1. The fourth-order valence-corrected chi connectivity index (χ4v) is 1.76. The van der Waals surface area contributed by atoms with Crippen LogP contribution in [0.1, 0.15) is 29.4 Å². The third kappa shape index (κ3) is 3.10. The molecule has 1 fully saturated rings. The molecule has 0 aromatic carbocycles. The fraction of sp³-hybridized carbons (Fsp3) is 0.545. The minimum absolute atomic E-state index is 0.00259. The van der Waals surface area contributed by atoms with E-state index in [-0.39, 0.29) is 17.4 Å². The number of nitrogens with zero attached hydrogens (tertiary/aromatic N) is 2. The van der Waals surface area contributed by atoms with E-state index in [1.54, 1.807) is 0 Å². The first-order chi connectivity index (χ1) is 9.34. The molecule has 1 aromatic heterocycles. The SMILES string of the molecule is O=C(NCC(F)(F)CO)c1cc([N+](=O)[O-])cn1C1CC1. The van der Waals surface area contributed by atoms with E-state index in [1.165, 1.54) is 10.8 Å². The van der Waals surface area contributed by atoms with Crippen molar-refractivity contribution in [1.82, 2.24) is 9.88 Å². The van der Waals surface area contributed by atoms with Crippen LogP contribution in [-0.4, -0.2) is 39.6 Å². The van der Waals surface area contributed by atoms with E-state index in [9.17, 15) is 23.7 Å². The van der Waals surface area contributed by atoms with Gasteiger partial charge in [-0.25, -0.2) is 8.78 Å². The zero-order chi connectivity index (χ0) is 14.9. The second-order valence-electron chi connectivity index (χ2n) is 4.68. The quantitative estimate of drug-likeness (QED) is 0.605. The summed E-state index contributed by atoms with van der Waals surface area (Å²) in [5.41, 5.74) is -0.274. The van der Waals surface area contributed by atoms with Crippen molar-refractivity contribution in [3.63, 3.8) is 0 Å². The van der Waals surface area contributed by atoms with Crippen molar-refractivity contribution in [1.29, 1.82) is 0 Å². The molecule has 1 aliphatic rings. The van der Waals surface area contributed by atoms with E-state index in [4.69, 9.17) is 5.11 Å². The van der Waals surface area contributed by atoms with Crippen LogP contribution in [0.2, 0.25) is 0 Å². The number of amides is 1. The number of alkyl halides is 2. The molecule has 20 heavy (non-hydrogen) atoms. The Bertz CT molecular complexity index is 540. The van der Waals surface area contributed by atoms with Gasteiger partial charge < -0.3 is 15.0 Å². The van der Waals surface area contributed by atoms with E-state index < -0.39 is 29.9 Å². The predicted octanol–water partition coefficient (Wildman–Crippen LogP) is 1.09. The third-order valence-corrected chi connectivity index (χ3v) is 2.96. The second kappa shape index (κ2) is 5.16. The van der Waals surface area contributed by atoms with Gasteiger partial charge in [-0.05, 0) is 12.8 Å². The number of nitro groups is 1. The Morgan fingerprint density at radius 3 is 2.75 bits per heavy atom. The van der Waals surface area contributed by atoms with E-state index in [2.05, 4.69) is 0 Å². The summed E-state index contributed by atoms with van der Waals surface area (Å²) in [6, 6.07) is 1.06. The predicted molar refractivity (Wildman–Crippen MR) is 63.7 cm³/mol. The highest BCUT2D eigenvalue weighted by atomic mass is 19.3. The van der Waals surface area contributed by atoms with Crippen LogP contribution in [0.15, 0.2) is 12.3 Å². The largest absolute Gasteiger partial charge is 0.390 e. The number of aromatic nitrogens is 1. The number of aliphatic hydroxyl groups excluding tert-OH is 1. The third-order valence-electron chi connectivity index (χ3n) is 2.96. The van der Waals surface area contributed by atoms with Gasteiger partial charge in [0.2, 0.25) is 0 Å². The highest BCUT2D eigenvalue weighted by Crippen LogP contribution is 2.37. The Balaban J connectivity index is 2.14. The number of halogens is 2. The maximum atomic E-state index is 12.9. The van der Waals surface area contributed by atoms with Crippen molar-refractivity contribution < 1.29 is 23.6 Å². The number of hydrogen-bond donors (Lipinski definition) is 2. The van der Waals surface area contributed by atoms with Crippen LogP contribution >= 0.6 is 0 Å². The van der Waals surface area contributed by atoms with Crippen LogP contribution in [0.25, 0.3) is 0 Å². The lowest BCUT2D eigenvalue weighted by Crippen LogP contribution is -2.39. The molecule has 1 amide bonds. The molecule has 1 aromatic rings. The monoisotopic (exact) mass is 289 g/mol. The van der Waals surface area contributed by atoms with Crippen LogP contribution in [0.5, 0.6) is 0 Å². The van der Waals surface area contributed by atoms with E-state index >= 15 is 0 Å². The summed E-state index contributed by atoms with van der Waals surface area (Å²) in [5, 5.41) is 21.1. The molecule has 2 N–H and O–H groups in total. The molecule has 0 bridgehead atoms. The van der Waals surface area contributed by atoms with Crippen molar-refractivity contribution in [2.75, 3.05) is 13.2 Å². The van der Waals surface area contributed by atoms with Crippen LogP contribution < -0.4 is 5.32 Å². The number of hydrogen-bond acceptors (Lipinski definition) is 4. The van der Waals surface area contributed by atoms with Gasteiger partial charge in [0, 0.05) is 12.1 Å². The second-order valence-corrected chi connectivity index (χ2v) is 4.68. The summed E-state index contributed by atoms with van der Waals surface area (Å²) >= 11 is 0.